The summed E-state index contributed by atoms with van der Waals surface area (Å²) in [6, 6.07) is 47.6. The Bertz CT molecular complexity index is 2450. The minimum atomic E-state index is 0.744. The largest absolute Gasteiger partial charge is 0.228 e. The van der Waals surface area contributed by atoms with Crippen molar-refractivity contribution in [2.75, 3.05) is 0 Å². The van der Waals surface area contributed by atoms with Crippen LogP contribution in [0.5, 0.6) is 0 Å². The molecule has 2 heterocycles. The first-order valence-electron chi connectivity index (χ1n) is 13.8. The van der Waals surface area contributed by atoms with Gasteiger partial charge >= 0.3 is 0 Å². The highest BCUT2D eigenvalue weighted by Gasteiger charge is 2.16. The van der Waals surface area contributed by atoms with E-state index in [4.69, 9.17) is 9.97 Å². The molecule has 7 aromatic carbocycles. The van der Waals surface area contributed by atoms with E-state index in [-0.39, 0.29) is 0 Å². The van der Waals surface area contributed by atoms with Crippen LogP contribution in [0.25, 0.3) is 86.0 Å². The second-order valence-electron chi connectivity index (χ2n) is 10.5. The Kier molecular flexibility index (Phi) is 4.80. The molecule has 9 rings (SSSR count). The molecule has 2 aromatic heterocycles. The highest BCUT2D eigenvalue weighted by molar-refractivity contribution is 7.26. The predicted molar refractivity (Wildman–Crippen MR) is 176 cm³/mol. The molecular weight excluding hydrogens is 516 g/mol. The molecule has 0 amide bonds. The molecule has 9 aromatic rings. The standard InChI is InChI=1S/C38H22N2S/c1-2-10-23(11-3-1)36-31-15-6-8-16-33(31)39-38(40-36)24-18-19-26-29-20-21-30-27-13-7-9-17-34(27)41-37(30)35(29)28-14-5-4-12-25(28)32(26)22-24/h1-22H. The van der Waals surface area contributed by atoms with Gasteiger partial charge in [0.1, 0.15) is 0 Å². The first-order chi connectivity index (χ1) is 20.3. The van der Waals surface area contributed by atoms with Gasteiger partial charge in [0, 0.05) is 42.1 Å². The summed E-state index contributed by atoms with van der Waals surface area (Å²) in [7, 11) is 0. The zero-order chi connectivity index (χ0) is 26.9. The number of nitrogens with zero attached hydrogens (tertiary/aromatic N) is 2. The van der Waals surface area contributed by atoms with Crippen LogP contribution in [0.3, 0.4) is 0 Å². The van der Waals surface area contributed by atoms with Crippen LogP contribution in [-0.2, 0) is 0 Å². The molecule has 0 fully saturated rings. The SMILES string of the molecule is c1ccc(-c2nc(-c3ccc4c(c3)c3ccccc3c3c4ccc4c5ccccc5sc43)nc3ccccc23)cc1. The van der Waals surface area contributed by atoms with E-state index in [1.807, 2.05) is 23.5 Å². The highest BCUT2D eigenvalue weighted by atomic mass is 32.1. The smallest absolute Gasteiger partial charge is 0.160 e. The summed E-state index contributed by atoms with van der Waals surface area (Å²) in [6.07, 6.45) is 0. The van der Waals surface area contributed by atoms with Crippen molar-refractivity contribution in [1.82, 2.24) is 9.97 Å². The van der Waals surface area contributed by atoms with E-state index in [1.165, 1.54) is 52.5 Å². The third-order valence-electron chi connectivity index (χ3n) is 8.25. The molecule has 0 atom stereocenters. The van der Waals surface area contributed by atoms with E-state index in [1.54, 1.807) is 0 Å². The lowest BCUT2D eigenvalue weighted by molar-refractivity contribution is 1.23. The summed E-state index contributed by atoms with van der Waals surface area (Å²) in [5, 5.41) is 11.4. The third kappa shape index (κ3) is 3.36. The first-order valence-corrected chi connectivity index (χ1v) is 14.7. The van der Waals surface area contributed by atoms with E-state index in [0.717, 1.165) is 33.5 Å². The maximum Gasteiger partial charge on any atom is 0.160 e. The van der Waals surface area contributed by atoms with Crippen LogP contribution in [-0.4, -0.2) is 9.97 Å². The Morgan fingerprint density at radius 3 is 1.93 bits per heavy atom. The Hall–Kier alpha value is -5.12. The van der Waals surface area contributed by atoms with Crippen molar-refractivity contribution in [3.63, 3.8) is 0 Å². The fourth-order valence-corrected chi connectivity index (χ4v) is 7.64. The number of rotatable bonds is 2. The molecule has 0 aliphatic carbocycles. The normalized spacial score (nSPS) is 11.9. The molecule has 0 radical (unpaired) electrons. The van der Waals surface area contributed by atoms with E-state index in [9.17, 15) is 0 Å². The minimum Gasteiger partial charge on any atom is -0.228 e. The average Bonchev–Trinajstić information content (AvgIpc) is 3.43. The van der Waals surface area contributed by atoms with E-state index in [0.29, 0.717) is 0 Å². The van der Waals surface area contributed by atoms with Crippen LogP contribution in [0.15, 0.2) is 133 Å². The molecule has 0 N–H and O–H groups in total. The van der Waals surface area contributed by atoms with Crippen LogP contribution in [0, 0.1) is 0 Å². The molecule has 2 nitrogen and oxygen atoms in total. The molecule has 0 saturated heterocycles. The van der Waals surface area contributed by atoms with Gasteiger partial charge in [0.25, 0.3) is 0 Å². The van der Waals surface area contributed by atoms with Crippen molar-refractivity contribution < 1.29 is 0 Å². The van der Waals surface area contributed by atoms with Gasteiger partial charge in [0.05, 0.1) is 11.2 Å². The molecule has 0 saturated carbocycles. The molecular formula is C38H22N2S. The number of para-hydroxylation sites is 1. The summed E-state index contributed by atoms with van der Waals surface area (Å²) >= 11 is 1.90. The molecule has 41 heavy (non-hydrogen) atoms. The van der Waals surface area contributed by atoms with Gasteiger partial charge in [-0.15, -0.1) is 11.3 Å². The number of aromatic nitrogens is 2. The van der Waals surface area contributed by atoms with E-state index >= 15 is 0 Å². The maximum absolute atomic E-state index is 5.15. The molecule has 0 unspecified atom stereocenters. The number of benzene rings is 7. The van der Waals surface area contributed by atoms with Gasteiger partial charge in [-0.2, -0.15) is 0 Å². The summed E-state index contributed by atoms with van der Waals surface area (Å²) in [4.78, 5) is 10.2. The lowest BCUT2D eigenvalue weighted by Gasteiger charge is -2.13. The Balaban J connectivity index is 1.35. The van der Waals surface area contributed by atoms with Gasteiger partial charge in [0.2, 0.25) is 0 Å². The third-order valence-corrected chi connectivity index (χ3v) is 9.46. The summed E-state index contributed by atoms with van der Waals surface area (Å²) in [5.41, 5.74) is 4.03. The van der Waals surface area contributed by atoms with Crippen molar-refractivity contribution in [1.29, 1.82) is 0 Å². The van der Waals surface area contributed by atoms with Crippen molar-refractivity contribution in [2.24, 2.45) is 0 Å². The van der Waals surface area contributed by atoms with Crippen LogP contribution >= 0.6 is 11.3 Å². The van der Waals surface area contributed by atoms with Gasteiger partial charge in [-0.1, -0.05) is 115 Å². The van der Waals surface area contributed by atoms with Gasteiger partial charge in [0.15, 0.2) is 5.82 Å². The first kappa shape index (κ1) is 22.7. The lowest BCUT2D eigenvalue weighted by Crippen LogP contribution is -1.95. The summed E-state index contributed by atoms with van der Waals surface area (Å²) in [6.45, 7) is 0. The lowest BCUT2D eigenvalue weighted by atomic mass is 9.92. The van der Waals surface area contributed by atoms with Crippen molar-refractivity contribution in [3.8, 4) is 22.6 Å². The van der Waals surface area contributed by atoms with Crippen LogP contribution < -0.4 is 0 Å². The Labute approximate surface area is 240 Å². The van der Waals surface area contributed by atoms with Crippen LogP contribution in [0.1, 0.15) is 0 Å². The topological polar surface area (TPSA) is 25.8 Å². The van der Waals surface area contributed by atoms with Gasteiger partial charge in [-0.3, -0.25) is 0 Å². The maximum atomic E-state index is 5.15. The molecule has 0 bridgehead atoms. The monoisotopic (exact) mass is 538 g/mol. The second-order valence-corrected chi connectivity index (χ2v) is 11.6. The Morgan fingerprint density at radius 2 is 1.05 bits per heavy atom. The molecule has 190 valence electrons. The predicted octanol–water partition coefficient (Wildman–Crippen LogP) is 10.8. The van der Waals surface area contributed by atoms with Crippen molar-refractivity contribution in [2.45, 2.75) is 0 Å². The number of hydrogen-bond acceptors (Lipinski definition) is 3. The highest BCUT2D eigenvalue weighted by Crippen LogP contribution is 2.44. The second kappa shape index (κ2) is 8.69. The molecule has 3 heteroatoms. The number of fused-ring (bicyclic) bond motifs is 11. The van der Waals surface area contributed by atoms with Gasteiger partial charge < -0.3 is 0 Å². The number of hydrogen-bond donors (Lipinski definition) is 0. The molecule has 0 spiro atoms. The molecule has 0 aliphatic rings. The van der Waals surface area contributed by atoms with E-state index < -0.39 is 0 Å². The quantitative estimate of drug-likeness (QED) is 0.205. The fourth-order valence-electron chi connectivity index (χ4n) is 6.38. The molecule has 0 aliphatic heterocycles. The summed E-state index contributed by atoms with van der Waals surface area (Å²) < 4.78 is 2.69. The zero-order valence-corrected chi connectivity index (χ0v) is 22.8. The average molecular weight is 539 g/mol. The Morgan fingerprint density at radius 1 is 0.415 bits per heavy atom. The zero-order valence-electron chi connectivity index (χ0n) is 22.0. The van der Waals surface area contributed by atoms with Gasteiger partial charge in [-0.05, 0) is 45.1 Å². The van der Waals surface area contributed by atoms with E-state index in [2.05, 4.69) is 121 Å². The minimum absolute atomic E-state index is 0.744. The van der Waals surface area contributed by atoms with Crippen LogP contribution in [0.4, 0.5) is 0 Å². The fraction of sp³-hybridized carbons (Fsp3) is 0. The van der Waals surface area contributed by atoms with Crippen molar-refractivity contribution in [3.05, 3.63) is 133 Å². The van der Waals surface area contributed by atoms with Gasteiger partial charge in [-0.25, -0.2) is 9.97 Å². The van der Waals surface area contributed by atoms with Crippen LogP contribution in [0.2, 0.25) is 0 Å². The number of thiophene rings is 1. The summed E-state index contributed by atoms with van der Waals surface area (Å²) in [5.74, 6) is 0.744. The van der Waals surface area contributed by atoms with Crippen molar-refractivity contribution >= 4 is 74.7 Å².